The standard InChI is InChI=1S/C16H27FN2/c1-5-13(18)11-14-15(17)7-6-8-16(14)19(4)10-9-12(2)3/h6-8,12-13H,5,9-11,18H2,1-4H3. The number of nitrogens with two attached hydrogens (primary N) is 1. The molecule has 2 nitrogen and oxygen atoms in total. The lowest BCUT2D eigenvalue weighted by molar-refractivity contribution is 0.568. The number of anilines is 1. The third kappa shape index (κ3) is 4.83. The van der Waals surface area contributed by atoms with E-state index in [0.717, 1.165) is 30.6 Å². The molecule has 108 valence electrons. The molecule has 3 heteroatoms. The summed E-state index contributed by atoms with van der Waals surface area (Å²) in [6.45, 7) is 7.38. The first-order valence-electron chi connectivity index (χ1n) is 7.19. The van der Waals surface area contributed by atoms with E-state index >= 15 is 0 Å². The molecule has 0 saturated carbocycles. The van der Waals surface area contributed by atoms with Crippen molar-refractivity contribution >= 4 is 5.69 Å². The monoisotopic (exact) mass is 266 g/mol. The van der Waals surface area contributed by atoms with E-state index in [1.807, 2.05) is 20.0 Å². The molecule has 0 saturated heterocycles. The van der Waals surface area contributed by atoms with E-state index in [-0.39, 0.29) is 11.9 Å². The van der Waals surface area contributed by atoms with E-state index in [2.05, 4.69) is 18.7 Å². The number of halogens is 1. The third-order valence-electron chi connectivity index (χ3n) is 3.54. The molecule has 1 rings (SSSR count). The van der Waals surface area contributed by atoms with Gasteiger partial charge < -0.3 is 10.6 Å². The van der Waals surface area contributed by atoms with E-state index in [4.69, 9.17) is 5.73 Å². The van der Waals surface area contributed by atoms with E-state index in [9.17, 15) is 4.39 Å². The molecule has 1 aromatic rings. The Hall–Kier alpha value is -1.09. The fourth-order valence-corrected chi connectivity index (χ4v) is 2.09. The maximum atomic E-state index is 14.0. The first kappa shape index (κ1) is 16.0. The number of benzene rings is 1. The molecular formula is C16H27FN2. The van der Waals surface area contributed by atoms with Gasteiger partial charge in [0.15, 0.2) is 0 Å². The van der Waals surface area contributed by atoms with Crippen LogP contribution in [0, 0.1) is 11.7 Å². The van der Waals surface area contributed by atoms with Gasteiger partial charge in [0.25, 0.3) is 0 Å². The average molecular weight is 266 g/mol. The minimum absolute atomic E-state index is 0.0224. The number of rotatable bonds is 7. The molecule has 0 aliphatic carbocycles. The van der Waals surface area contributed by atoms with Crippen molar-refractivity contribution < 1.29 is 4.39 Å². The molecular weight excluding hydrogens is 239 g/mol. The minimum atomic E-state index is -0.141. The molecule has 0 spiro atoms. The van der Waals surface area contributed by atoms with Crippen molar-refractivity contribution in [2.45, 2.75) is 46.1 Å². The van der Waals surface area contributed by atoms with Crippen LogP contribution >= 0.6 is 0 Å². The Morgan fingerprint density at radius 3 is 2.58 bits per heavy atom. The van der Waals surface area contributed by atoms with E-state index in [0.29, 0.717) is 12.3 Å². The zero-order valence-corrected chi connectivity index (χ0v) is 12.6. The summed E-state index contributed by atoms with van der Waals surface area (Å²) in [5.41, 5.74) is 7.71. The molecule has 0 fully saturated rings. The van der Waals surface area contributed by atoms with Crippen molar-refractivity contribution in [1.82, 2.24) is 0 Å². The van der Waals surface area contributed by atoms with Crippen molar-refractivity contribution in [2.75, 3.05) is 18.5 Å². The Morgan fingerprint density at radius 1 is 1.32 bits per heavy atom. The van der Waals surface area contributed by atoms with Gasteiger partial charge >= 0.3 is 0 Å². The Kier molecular flexibility index (Phi) is 6.29. The summed E-state index contributed by atoms with van der Waals surface area (Å²) in [4.78, 5) is 2.14. The van der Waals surface area contributed by atoms with Crippen LogP contribution in [0.1, 0.15) is 39.2 Å². The number of nitrogens with zero attached hydrogens (tertiary/aromatic N) is 1. The van der Waals surface area contributed by atoms with Crippen LogP contribution in [0.4, 0.5) is 10.1 Å². The predicted molar refractivity (Wildman–Crippen MR) is 81.1 cm³/mol. The zero-order chi connectivity index (χ0) is 14.4. The molecule has 0 aliphatic heterocycles. The second kappa shape index (κ2) is 7.49. The van der Waals surface area contributed by atoms with Gasteiger partial charge in [0.1, 0.15) is 5.82 Å². The zero-order valence-electron chi connectivity index (χ0n) is 12.6. The molecule has 0 aliphatic rings. The van der Waals surface area contributed by atoms with Gasteiger partial charge in [0.2, 0.25) is 0 Å². The van der Waals surface area contributed by atoms with Gasteiger partial charge in [-0.3, -0.25) is 0 Å². The highest BCUT2D eigenvalue weighted by molar-refractivity contribution is 5.54. The number of hydrogen-bond acceptors (Lipinski definition) is 2. The maximum absolute atomic E-state index is 14.0. The van der Waals surface area contributed by atoms with Crippen molar-refractivity contribution in [2.24, 2.45) is 11.7 Å². The molecule has 1 unspecified atom stereocenters. The van der Waals surface area contributed by atoms with Gasteiger partial charge in [-0.25, -0.2) is 4.39 Å². The van der Waals surface area contributed by atoms with Gasteiger partial charge in [-0.05, 0) is 37.3 Å². The predicted octanol–water partition coefficient (Wildman–Crippen LogP) is 3.59. The fraction of sp³-hybridized carbons (Fsp3) is 0.625. The van der Waals surface area contributed by atoms with Crippen LogP contribution in [0.5, 0.6) is 0 Å². The topological polar surface area (TPSA) is 29.3 Å². The first-order chi connectivity index (χ1) is 8.95. The van der Waals surface area contributed by atoms with Crippen LogP contribution in [0.3, 0.4) is 0 Å². The minimum Gasteiger partial charge on any atom is -0.374 e. The lowest BCUT2D eigenvalue weighted by Crippen LogP contribution is -2.26. The lowest BCUT2D eigenvalue weighted by atomic mass is 10.0. The van der Waals surface area contributed by atoms with Crippen LogP contribution in [-0.4, -0.2) is 19.6 Å². The summed E-state index contributed by atoms with van der Waals surface area (Å²) in [7, 11) is 2.03. The van der Waals surface area contributed by atoms with Crippen molar-refractivity contribution in [3.8, 4) is 0 Å². The first-order valence-corrected chi connectivity index (χ1v) is 7.19. The molecule has 0 amide bonds. The molecule has 0 aromatic heterocycles. The summed E-state index contributed by atoms with van der Waals surface area (Å²) in [6.07, 6.45) is 2.57. The third-order valence-corrected chi connectivity index (χ3v) is 3.54. The Bertz CT molecular complexity index is 390. The van der Waals surface area contributed by atoms with E-state index in [1.54, 1.807) is 6.07 Å². The smallest absolute Gasteiger partial charge is 0.128 e. The second-order valence-electron chi connectivity index (χ2n) is 5.71. The largest absolute Gasteiger partial charge is 0.374 e. The summed E-state index contributed by atoms with van der Waals surface area (Å²) >= 11 is 0. The van der Waals surface area contributed by atoms with Gasteiger partial charge in [0, 0.05) is 30.9 Å². The van der Waals surface area contributed by atoms with Crippen LogP contribution in [0.25, 0.3) is 0 Å². The molecule has 2 N–H and O–H groups in total. The Balaban J connectivity index is 2.89. The molecule has 19 heavy (non-hydrogen) atoms. The van der Waals surface area contributed by atoms with Crippen LogP contribution in [-0.2, 0) is 6.42 Å². The van der Waals surface area contributed by atoms with Crippen molar-refractivity contribution in [3.05, 3.63) is 29.6 Å². The summed E-state index contributed by atoms with van der Waals surface area (Å²) < 4.78 is 14.0. The fourth-order valence-electron chi connectivity index (χ4n) is 2.09. The van der Waals surface area contributed by atoms with E-state index < -0.39 is 0 Å². The van der Waals surface area contributed by atoms with Gasteiger partial charge in [0.05, 0.1) is 0 Å². The van der Waals surface area contributed by atoms with E-state index in [1.165, 1.54) is 6.07 Å². The Morgan fingerprint density at radius 2 is 2.00 bits per heavy atom. The van der Waals surface area contributed by atoms with Crippen molar-refractivity contribution in [3.63, 3.8) is 0 Å². The molecule has 0 heterocycles. The molecule has 0 radical (unpaired) electrons. The number of hydrogen-bond donors (Lipinski definition) is 1. The molecule has 1 atom stereocenters. The highest BCUT2D eigenvalue weighted by Crippen LogP contribution is 2.24. The van der Waals surface area contributed by atoms with Crippen LogP contribution in [0.15, 0.2) is 18.2 Å². The van der Waals surface area contributed by atoms with Crippen LogP contribution in [0.2, 0.25) is 0 Å². The normalized spacial score (nSPS) is 12.8. The summed E-state index contributed by atoms with van der Waals surface area (Å²) in [6, 6.07) is 5.31. The average Bonchev–Trinajstić information content (AvgIpc) is 2.38. The SMILES string of the molecule is CCC(N)Cc1c(F)cccc1N(C)CCC(C)C. The lowest BCUT2D eigenvalue weighted by Gasteiger charge is -2.24. The van der Waals surface area contributed by atoms with Crippen LogP contribution < -0.4 is 10.6 Å². The summed E-state index contributed by atoms with van der Waals surface area (Å²) in [5, 5.41) is 0. The molecule has 1 aromatic carbocycles. The highest BCUT2D eigenvalue weighted by Gasteiger charge is 2.14. The van der Waals surface area contributed by atoms with Gasteiger partial charge in [-0.15, -0.1) is 0 Å². The van der Waals surface area contributed by atoms with Crippen molar-refractivity contribution in [1.29, 1.82) is 0 Å². The summed E-state index contributed by atoms with van der Waals surface area (Å²) in [5.74, 6) is 0.509. The quantitative estimate of drug-likeness (QED) is 0.817. The maximum Gasteiger partial charge on any atom is 0.128 e. The Labute approximate surface area is 116 Å². The van der Waals surface area contributed by atoms with Gasteiger partial charge in [-0.1, -0.05) is 26.8 Å². The second-order valence-corrected chi connectivity index (χ2v) is 5.71. The van der Waals surface area contributed by atoms with Gasteiger partial charge in [-0.2, -0.15) is 0 Å². The molecule has 0 bridgehead atoms. The highest BCUT2D eigenvalue weighted by atomic mass is 19.1.